The van der Waals surface area contributed by atoms with Crippen LogP contribution in [-0.4, -0.2) is 22.1 Å². The number of anilines is 1. The fourth-order valence-corrected chi connectivity index (χ4v) is 2.82. The predicted molar refractivity (Wildman–Crippen MR) is 70.2 cm³/mol. The van der Waals surface area contributed by atoms with Gasteiger partial charge in [-0.25, -0.2) is 0 Å². The molecule has 0 bridgehead atoms. The lowest BCUT2D eigenvalue weighted by molar-refractivity contribution is -0.143. The predicted octanol–water partition coefficient (Wildman–Crippen LogP) is 2.25. The summed E-state index contributed by atoms with van der Waals surface area (Å²) in [6.45, 7) is 1.33. The summed E-state index contributed by atoms with van der Waals surface area (Å²) in [5.74, 6) is -1.33. The van der Waals surface area contributed by atoms with Crippen LogP contribution in [0, 0.1) is 0 Å². The molecule has 1 aliphatic rings. The molecule has 1 saturated carbocycles. The highest BCUT2D eigenvalue weighted by Crippen LogP contribution is 2.46. The summed E-state index contributed by atoms with van der Waals surface area (Å²) in [5.41, 5.74) is -0.289. The first-order valence-electron chi connectivity index (χ1n) is 6.31. The molecule has 0 aromatic heterocycles. The number of carboxylic acid groups (broad SMARTS) is 1. The molecule has 0 radical (unpaired) electrons. The number of hydrogen-bond donors (Lipinski definition) is 3. The van der Waals surface area contributed by atoms with Gasteiger partial charge in [-0.05, 0) is 24.5 Å². The topological polar surface area (TPSA) is 86.6 Å². The van der Waals surface area contributed by atoms with Crippen molar-refractivity contribution in [1.82, 2.24) is 0 Å². The van der Waals surface area contributed by atoms with Crippen LogP contribution in [0.2, 0.25) is 0 Å². The average molecular weight is 263 g/mol. The number of nitrogens with one attached hydrogen (secondary N) is 1. The maximum absolute atomic E-state index is 11.7. The molecule has 19 heavy (non-hydrogen) atoms. The van der Waals surface area contributed by atoms with Gasteiger partial charge < -0.3 is 15.5 Å². The van der Waals surface area contributed by atoms with Crippen molar-refractivity contribution < 1.29 is 19.8 Å². The van der Waals surface area contributed by atoms with E-state index in [-0.39, 0.29) is 17.3 Å². The molecule has 1 amide bonds. The third-order valence-corrected chi connectivity index (χ3v) is 3.73. The summed E-state index contributed by atoms with van der Waals surface area (Å²) >= 11 is 0. The Kier molecular flexibility index (Phi) is 3.46. The van der Waals surface area contributed by atoms with Crippen LogP contribution >= 0.6 is 0 Å². The van der Waals surface area contributed by atoms with Crippen LogP contribution in [0.3, 0.4) is 0 Å². The molecule has 0 saturated heterocycles. The molecule has 0 aliphatic heterocycles. The maximum Gasteiger partial charge on any atom is 0.314 e. The smallest absolute Gasteiger partial charge is 0.314 e. The summed E-state index contributed by atoms with van der Waals surface area (Å²) in [7, 11) is 0. The number of phenols is 1. The van der Waals surface area contributed by atoms with E-state index in [4.69, 9.17) is 0 Å². The molecule has 1 aliphatic carbocycles. The molecule has 3 N–H and O–H groups in total. The van der Waals surface area contributed by atoms with E-state index in [1.54, 1.807) is 12.1 Å². The molecule has 5 nitrogen and oxygen atoms in total. The number of para-hydroxylation sites is 1. The molecule has 1 aromatic rings. The number of aromatic hydroxyl groups is 1. The molecule has 0 unspecified atom stereocenters. The van der Waals surface area contributed by atoms with Crippen molar-refractivity contribution in [3.63, 3.8) is 0 Å². The molecular formula is C14H17NO4. The Morgan fingerprint density at radius 1 is 1.26 bits per heavy atom. The number of carbonyl (C=O) groups excluding carboxylic acids is 1. The summed E-state index contributed by atoms with van der Waals surface area (Å²) < 4.78 is 0. The van der Waals surface area contributed by atoms with Crippen LogP contribution in [0.15, 0.2) is 18.2 Å². The van der Waals surface area contributed by atoms with Gasteiger partial charge >= 0.3 is 5.97 Å². The fraction of sp³-hybridized carbons (Fsp3) is 0.429. The first kappa shape index (κ1) is 13.4. The van der Waals surface area contributed by atoms with Crippen molar-refractivity contribution in [2.75, 3.05) is 5.32 Å². The standard InChI is InChI=1S/C14H17NO4/c1-9(16)15-12-10(5-4-6-11(12)17)14(13(18)19)7-2-3-8-14/h4-6,17H,2-3,7-8H2,1H3,(H,15,16)(H,18,19). The summed E-state index contributed by atoms with van der Waals surface area (Å²) in [5, 5.41) is 22.0. The Hall–Kier alpha value is -2.04. The van der Waals surface area contributed by atoms with Gasteiger partial charge in [0.05, 0.1) is 11.1 Å². The van der Waals surface area contributed by atoms with Gasteiger partial charge in [0.1, 0.15) is 5.75 Å². The number of carboxylic acids is 1. The van der Waals surface area contributed by atoms with Gasteiger partial charge in [-0.2, -0.15) is 0 Å². The van der Waals surface area contributed by atoms with Crippen LogP contribution in [0.25, 0.3) is 0 Å². The van der Waals surface area contributed by atoms with Crippen LogP contribution in [0.5, 0.6) is 5.75 Å². The van der Waals surface area contributed by atoms with Crippen molar-refractivity contribution in [2.24, 2.45) is 0 Å². The minimum absolute atomic E-state index is 0.0970. The summed E-state index contributed by atoms with van der Waals surface area (Å²) in [6.07, 6.45) is 2.72. The third-order valence-electron chi connectivity index (χ3n) is 3.73. The van der Waals surface area contributed by atoms with Crippen LogP contribution < -0.4 is 5.32 Å². The number of rotatable bonds is 3. The molecule has 2 rings (SSSR count). The molecule has 0 heterocycles. The number of aliphatic carboxylic acids is 1. The number of amides is 1. The first-order chi connectivity index (χ1) is 8.97. The van der Waals surface area contributed by atoms with Crippen molar-refractivity contribution >= 4 is 17.6 Å². The van der Waals surface area contributed by atoms with Gasteiger partial charge in [0.15, 0.2) is 0 Å². The van der Waals surface area contributed by atoms with E-state index in [0.717, 1.165) is 12.8 Å². The Bertz CT molecular complexity index is 518. The van der Waals surface area contributed by atoms with E-state index in [2.05, 4.69) is 5.32 Å². The molecule has 1 fully saturated rings. The lowest BCUT2D eigenvalue weighted by Crippen LogP contribution is -2.33. The summed E-state index contributed by atoms with van der Waals surface area (Å²) in [4.78, 5) is 22.9. The van der Waals surface area contributed by atoms with Gasteiger partial charge in [-0.1, -0.05) is 25.0 Å². The molecule has 102 valence electrons. The van der Waals surface area contributed by atoms with Gasteiger partial charge in [-0.15, -0.1) is 0 Å². The van der Waals surface area contributed by atoms with E-state index in [9.17, 15) is 19.8 Å². The second-order valence-electron chi connectivity index (χ2n) is 4.98. The largest absolute Gasteiger partial charge is 0.506 e. The van der Waals surface area contributed by atoms with Gasteiger partial charge in [0, 0.05) is 6.92 Å². The zero-order chi connectivity index (χ0) is 14.0. The van der Waals surface area contributed by atoms with E-state index in [1.165, 1.54) is 13.0 Å². The third kappa shape index (κ3) is 2.28. The van der Waals surface area contributed by atoms with Crippen molar-refractivity contribution in [2.45, 2.75) is 38.0 Å². The van der Waals surface area contributed by atoms with E-state index in [0.29, 0.717) is 18.4 Å². The lowest BCUT2D eigenvalue weighted by Gasteiger charge is -2.27. The highest BCUT2D eigenvalue weighted by Gasteiger charge is 2.44. The molecule has 5 heteroatoms. The lowest BCUT2D eigenvalue weighted by atomic mass is 9.78. The number of hydrogen-bond acceptors (Lipinski definition) is 3. The fourth-order valence-electron chi connectivity index (χ4n) is 2.82. The van der Waals surface area contributed by atoms with Gasteiger partial charge in [0.25, 0.3) is 0 Å². The molecular weight excluding hydrogens is 246 g/mol. The second-order valence-corrected chi connectivity index (χ2v) is 4.98. The molecule has 0 spiro atoms. The Balaban J connectivity index is 2.57. The Morgan fingerprint density at radius 2 is 1.89 bits per heavy atom. The average Bonchev–Trinajstić information content (AvgIpc) is 2.81. The number of phenolic OH excluding ortho intramolecular Hbond substituents is 1. The molecule has 1 aromatic carbocycles. The number of benzene rings is 1. The van der Waals surface area contributed by atoms with Crippen LogP contribution in [0.1, 0.15) is 38.2 Å². The molecule has 0 atom stereocenters. The van der Waals surface area contributed by atoms with Crippen molar-refractivity contribution in [3.8, 4) is 5.75 Å². The Labute approximate surface area is 111 Å². The SMILES string of the molecule is CC(=O)Nc1c(O)cccc1C1(C(=O)O)CCCC1. The van der Waals surface area contributed by atoms with Crippen molar-refractivity contribution in [1.29, 1.82) is 0 Å². The van der Waals surface area contributed by atoms with Crippen LogP contribution in [-0.2, 0) is 15.0 Å². The minimum atomic E-state index is -1.00. The zero-order valence-corrected chi connectivity index (χ0v) is 10.8. The maximum atomic E-state index is 11.7. The quantitative estimate of drug-likeness (QED) is 0.730. The normalized spacial score (nSPS) is 17.1. The highest BCUT2D eigenvalue weighted by molar-refractivity contribution is 5.94. The highest BCUT2D eigenvalue weighted by atomic mass is 16.4. The van der Waals surface area contributed by atoms with Gasteiger partial charge in [-0.3, -0.25) is 9.59 Å². The number of carbonyl (C=O) groups is 2. The minimum Gasteiger partial charge on any atom is -0.506 e. The Morgan fingerprint density at radius 3 is 2.42 bits per heavy atom. The monoisotopic (exact) mass is 263 g/mol. The van der Waals surface area contributed by atoms with Crippen molar-refractivity contribution in [3.05, 3.63) is 23.8 Å². The second kappa shape index (κ2) is 4.91. The van der Waals surface area contributed by atoms with E-state index < -0.39 is 11.4 Å². The van der Waals surface area contributed by atoms with E-state index in [1.807, 2.05) is 0 Å². The first-order valence-corrected chi connectivity index (χ1v) is 6.31. The summed E-state index contributed by atoms with van der Waals surface area (Å²) in [6, 6.07) is 4.72. The van der Waals surface area contributed by atoms with E-state index >= 15 is 0 Å². The zero-order valence-electron chi connectivity index (χ0n) is 10.8. The van der Waals surface area contributed by atoms with Crippen LogP contribution in [0.4, 0.5) is 5.69 Å². The van der Waals surface area contributed by atoms with Gasteiger partial charge in [0.2, 0.25) is 5.91 Å².